The Kier molecular flexibility index (Phi) is 1.64. The van der Waals surface area contributed by atoms with E-state index >= 15 is 0 Å². The number of carbonyl (C=O) groups excluding carboxylic acids is 1. The lowest BCUT2D eigenvalue weighted by Gasteiger charge is -1.89. The van der Waals surface area contributed by atoms with Gasteiger partial charge in [0.2, 0.25) is 5.91 Å². The maximum atomic E-state index is 10.2. The second-order valence-corrected chi connectivity index (χ2v) is 1.79. The zero-order chi connectivity index (χ0) is 6.69. The van der Waals surface area contributed by atoms with E-state index in [4.69, 9.17) is 5.73 Å². The van der Waals surface area contributed by atoms with Crippen LogP contribution in [0.5, 0.6) is 0 Å². The van der Waals surface area contributed by atoms with Gasteiger partial charge >= 0.3 is 0 Å². The first-order valence-corrected chi connectivity index (χ1v) is 2.60. The Morgan fingerprint density at radius 1 is 1.89 bits per heavy atom. The fourth-order valence-corrected chi connectivity index (χ4v) is 0.603. The van der Waals surface area contributed by atoms with E-state index in [1.54, 1.807) is 0 Å². The van der Waals surface area contributed by atoms with Crippen molar-refractivity contribution in [2.45, 2.75) is 6.42 Å². The van der Waals surface area contributed by atoms with Crippen molar-refractivity contribution in [2.24, 2.45) is 10.8 Å². The minimum absolute atomic E-state index is 0.236. The number of hydrazone groups is 1. The summed E-state index contributed by atoms with van der Waals surface area (Å²) in [6.45, 7) is 0.600. The van der Waals surface area contributed by atoms with Crippen molar-refractivity contribution < 1.29 is 4.79 Å². The molecule has 1 amide bonds. The minimum Gasteiger partial charge on any atom is -0.369 e. The maximum Gasteiger partial charge on any atom is 0.223 e. The molecule has 0 radical (unpaired) electrons. The summed E-state index contributed by atoms with van der Waals surface area (Å²) in [5, 5.41) is 3.73. The van der Waals surface area contributed by atoms with Crippen LogP contribution in [0.15, 0.2) is 5.10 Å². The summed E-state index contributed by atoms with van der Waals surface area (Å²) < 4.78 is 0. The summed E-state index contributed by atoms with van der Waals surface area (Å²) >= 11 is 0. The van der Waals surface area contributed by atoms with Gasteiger partial charge in [0.05, 0.1) is 18.7 Å². The van der Waals surface area contributed by atoms with Gasteiger partial charge in [-0.2, -0.15) is 5.10 Å². The van der Waals surface area contributed by atoms with Gasteiger partial charge < -0.3 is 5.73 Å². The van der Waals surface area contributed by atoms with E-state index in [1.807, 2.05) is 0 Å². The third-order valence-electron chi connectivity index (χ3n) is 0.964. The summed E-state index contributed by atoms with van der Waals surface area (Å²) in [5.41, 5.74) is 10.9. The van der Waals surface area contributed by atoms with Crippen LogP contribution in [0.3, 0.4) is 0 Å². The van der Waals surface area contributed by atoms with Crippen molar-refractivity contribution in [3.05, 3.63) is 0 Å². The predicted octanol–water partition coefficient (Wildman–Crippen LogP) is -1.67. The SMILES string of the molecule is NC(=O)CC1=NNNC1. The summed E-state index contributed by atoms with van der Waals surface area (Å²) in [7, 11) is 0. The van der Waals surface area contributed by atoms with Crippen LogP contribution < -0.4 is 16.7 Å². The van der Waals surface area contributed by atoms with Crippen LogP contribution in [-0.4, -0.2) is 18.2 Å². The minimum atomic E-state index is -0.348. The highest BCUT2D eigenvalue weighted by Gasteiger charge is 2.07. The van der Waals surface area contributed by atoms with Gasteiger partial charge in [0.1, 0.15) is 0 Å². The van der Waals surface area contributed by atoms with Crippen molar-refractivity contribution in [3.63, 3.8) is 0 Å². The van der Waals surface area contributed by atoms with Crippen LogP contribution >= 0.6 is 0 Å². The number of amides is 1. The summed E-state index contributed by atoms with van der Waals surface area (Å²) in [4.78, 5) is 10.2. The molecule has 0 atom stereocenters. The first-order chi connectivity index (χ1) is 4.29. The molecular weight excluding hydrogens is 120 g/mol. The normalized spacial score (nSPS) is 16.7. The largest absolute Gasteiger partial charge is 0.369 e. The maximum absolute atomic E-state index is 10.2. The van der Waals surface area contributed by atoms with E-state index in [9.17, 15) is 4.79 Å². The van der Waals surface area contributed by atoms with Crippen LogP contribution in [0.2, 0.25) is 0 Å². The van der Waals surface area contributed by atoms with Crippen LogP contribution in [0.1, 0.15) is 6.42 Å². The lowest BCUT2D eigenvalue weighted by Crippen LogP contribution is -2.23. The van der Waals surface area contributed by atoms with Gasteiger partial charge in [0, 0.05) is 0 Å². The first kappa shape index (κ1) is 6.03. The molecule has 0 aromatic rings. The van der Waals surface area contributed by atoms with Crippen LogP contribution in [0.4, 0.5) is 0 Å². The van der Waals surface area contributed by atoms with Gasteiger partial charge in [-0.15, -0.1) is 0 Å². The van der Waals surface area contributed by atoms with Gasteiger partial charge in [-0.25, -0.2) is 11.0 Å². The molecular formula is C4H8N4O. The highest BCUT2D eigenvalue weighted by Crippen LogP contribution is 1.86. The molecule has 0 saturated carbocycles. The summed E-state index contributed by atoms with van der Waals surface area (Å²) in [6.07, 6.45) is 0.236. The highest BCUT2D eigenvalue weighted by molar-refractivity contribution is 6.01. The Balaban J connectivity index is 2.35. The number of nitrogens with zero attached hydrogens (tertiary/aromatic N) is 1. The van der Waals surface area contributed by atoms with Crippen molar-refractivity contribution >= 4 is 11.6 Å². The summed E-state index contributed by atoms with van der Waals surface area (Å²) in [5.74, 6) is -0.348. The van der Waals surface area contributed by atoms with E-state index in [2.05, 4.69) is 16.1 Å². The molecule has 0 fully saturated rings. The van der Waals surface area contributed by atoms with Crippen molar-refractivity contribution in [3.8, 4) is 0 Å². The molecule has 0 spiro atoms. The lowest BCUT2D eigenvalue weighted by atomic mass is 10.3. The Morgan fingerprint density at radius 2 is 2.67 bits per heavy atom. The molecule has 1 aliphatic rings. The fourth-order valence-electron chi connectivity index (χ4n) is 0.603. The zero-order valence-corrected chi connectivity index (χ0v) is 4.85. The zero-order valence-electron chi connectivity index (χ0n) is 4.85. The van der Waals surface area contributed by atoms with Gasteiger partial charge in [0.15, 0.2) is 0 Å². The second kappa shape index (κ2) is 2.45. The summed E-state index contributed by atoms with van der Waals surface area (Å²) in [6, 6.07) is 0. The molecule has 1 aliphatic heterocycles. The van der Waals surface area contributed by atoms with Crippen LogP contribution in [0, 0.1) is 0 Å². The Hall–Kier alpha value is -1.10. The number of hydrogen-bond acceptors (Lipinski definition) is 4. The number of nitrogens with two attached hydrogens (primary N) is 1. The van der Waals surface area contributed by atoms with Gasteiger partial charge in [-0.05, 0) is 0 Å². The molecule has 1 heterocycles. The molecule has 1 rings (SSSR count). The molecule has 0 aromatic heterocycles. The molecule has 9 heavy (non-hydrogen) atoms. The smallest absolute Gasteiger partial charge is 0.223 e. The average molecular weight is 128 g/mol. The molecule has 50 valence electrons. The van der Waals surface area contributed by atoms with Gasteiger partial charge in [-0.3, -0.25) is 4.79 Å². The van der Waals surface area contributed by atoms with Crippen molar-refractivity contribution in [1.29, 1.82) is 0 Å². The second-order valence-electron chi connectivity index (χ2n) is 1.79. The average Bonchev–Trinajstić information content (AvgIpc) is 2.15. The van der Waals surface area contributed by atoms with E-state index < -0.39 is 0 Å². The van der Waals surface area contributed by atoms with E-state index in [0.717, 1.165) is 5.71 Å². The molecule has 4 N–H and O–H groups in total. The predicted molar refractivity (Wildman–Crippen MR) is 32.4 cm³/mol. The van der Waals surface area contributed by atoms with Crippen LogP contribution in [0.25, 0.3) is 0 Å². The molecule has 0 aromatic carbocycles. The quantitative estimate of drug-likeness (QED) is 0.416. The molecule has 0 aliphatic carbocycles. The molecule has 0 unspecified atom stereocenters. The number of rotatable bonds is 2. The van der Waals surface area contributed by atoms with Crippen molar-refractivity contribution in [2.75, 3.05) is 6.54 Å². The number of nitrogens with one attached hydrogen (secondary N) is 2. The third kappa shape index (κ3) is 1.69. The van der Waals surface area contributed by atoms with E-state index in [1.165, 1.54) is 0 Å². The fraction of sp³-hybridized carbons (Fsp3) is 0.500. The molecule has 5 heteroatoms. The standard InChI is InChI=1S/C4H8N4O/c5-4(9)1-3-2-6-8-7-3/h6,8H,1-2H2,(H2,5,9). The molecule has 5 nitrogen and oxygen atoms in total. The van der Waals surface area contributed by atoms with Gasteiger partial charge in [0.25, 0.3) is 0 Å². The third-order valence-corrected chi connectivity index (χ3v) is 0.964. The highest BCUT2D eigenvalue weighted by atomic mass is 16.1. The van der Waals surface area contributed by atoms with E-state index in [0.29, 0.717) is 6.54 Å². The lowest BCUT2D eigenvalue weighted by molar-refractivity contribution is -0.116. The number of carbonyl (C=O) groups is 1. The Morgan fingerprint density at radius 3 is 3.11 bits per heavy atom. The first-order valence-electron chi connectivity index (χ1n) is 2.60. The Bertz CT molecular complexity index is 153. The monoisotopic (exact) mass is 128 g/mol. The molecule has 0 bridgehead atoms. The molecule has 0 saturated heterocycles. The van der Waals surface area contributed by atoms with E-state index in [-0.39, 0.29) is 12.3 Å². The number of primary amides is 1. The van der Waals surface area contributed by atoms with Crippen LogP contribution in [-0.2, 0) is 4.79 Å². The number of hydrogen-bond donors (Lipinski definition) is 3. The Labute approximate surface area is 52.3 Å². The van der Waals surface area contributed by atoms with Crippen molar-refractivity contribution in [1.82, 2.24) is 11.0 Å². The van der Waals surface area contributed by atoms with Gasteiger partial charge in [-0.1, -0.05) is 0 Å². The number of hydrazine groups is 1. The topological polar surface area (TPSA) is 79.5 Å².